The second-order valence-electron chi connectivity index (χ2n) is 3.30. The minimum Gasteiger partial charge on any atom is -0.464 e. The van der Waals surface area contributed by atoms with E-state index in [1.165, 1.54) is 6.92 Å². The number of hydrogen-bond acceptors (Lipinski definition) is 3. The Morgan fingerprint density at radius 2 is 1.88 bits per heavy atom. The van der Waals surface area contributed by atoms with Crippen molar-refractivity contribution in [1.82, 2.24) is 0 Å². The van der Waals surface area contributed by atoms with Crippen LogP contribution in [0.5, 0.6) is 0 Å². The zero-order valence-corrected chi connectivity index (χ0v) is 9.95. The van der Waals surface area contributed by atoms with E-state index in [1.54, 1.807) is 37.3 Å². The number of rotatable bonds is 4. The lowest BCUT2D eigenvalue weighted by molar-refractivity contribution is -0.149. The molecular weight excluding hydrogens is 228 g/mol. The summed E-state index contributed by atoms with van der Waals surface area (Å²) in [5, 5.41) is 0. The van der Waals surface area contributed by atoms with Crippen molar-refractivity contribution < 1.29 is 14.3 Å². The fourth-order valence-corrected chi connectivity index (χ4v) is 1.54. The van der Waals surface area contributed by atoms with Crippen molar-refractivity contribution in [3.63, 3.8) is 0 Å². The Morgan fingerprint density at radius 1 is 1.31 bits per heavy atom. The lowest BCUT2D eigenvalue weighted by Gasteiger charge is -2.22. The average Bonchev–Trinajstić information content (AvgIpc) is 2.29. The molecule has 0 fully saturated rings. The molecule has 0 aromatic heterocycles. The van der Waals surface area contributed by atoms with Crippen LogP contribution in [0.25, 0.3) is 0 Å². The fourth-order valence-electron chi connectivity index (χ4n) is 1.36. The molecule has 1 aromatic carbocycles. The summed E-state index contributed by atoms with van der Waals surface area (Å²) in [6, 6.07) is 8.48. The van der Waals surface area contributed by atoms with Gasteiger partial charge in [-0.05, 0) is 19.4 Å². The molecule has 0 radical (unpaired) electrons. The molecule has 0 unspecified atom stereocenters. The van der Waals surface area contributed by atoms with E-state index in [4.69, 9.17) is 16.3 Å². The molecule has 0 saturated carbocycles. The van der Waals surface area contributed by atoms with Crippen LogP contribution in [0.4, 0.5) is 0 Å². The van der Waals surface area contributed by atoms with E-state index < -0.39 is 16.6 Å². The first-order valence-electron chi connectivity index (χ1n) is 4.96. The molecule has 0 bridgehead atoms. The third-order valence-corrected chi connectivity index (χ3v) is 2.85. The van der Waals surface area contributed by atoms with Crippen molar-refractivity contribution in [2.24, 2.45) is 0 Å². The van der Waals surface area contributed by atoms with Gasteiger partial charge in [-0.2, -0.15) is 0 Å². The first kappa shape index (κ1) is 12.7. The molecule has 0 aliphatic rings. The van der Waals surface area contributed by atoms with Gasteiger partial charge in [0.15, 0.2) is 5.78 Å². The van der Waals surface area contributed by atoms with Crippen LogP contribution in [0.3, 0.4) is 0 Å². The van der Waals surface area contributed by atoms with Crippen LogP contribution in [0, 0.1) is 0 Å². The molecular formula is C12H13ClO3. The Balaban J connectivity index is 3.17. The highest BCUT2D eigenvalue weighted by Gasteiger charge is 2.44. The molecule has 0 aliphatic carbocycles. The number of ketones is 1. The molecule has 0 saturated heterocycles. The van der Waals surface area contributed by atoms with E-state index >= 15 is 0 Å². The Morgan fingerprint density at radius 3 is 2.31 bits per heavy atom. The van der Waals surface area contributed by atoms with Crippen molar-refractivity contribution in [2.45, 2.75) is 18.7 Å². The Kier molecular flexibility index (Phi) is 4.07. The molecule has 0 heterocycles. The zero-order chi connectivity index (χ0) is 12.2. The van der Waals surface area contributed by atoms with Gasteiger partial charge in [0.2, 0.25) is 4.87 Å². The van der Waals surface area contributed by atoms with E-state index in [-0.39, 0.29) is 6.61 Å². The largest absolute Gasteiger partial charge is 0.464 e. The summed E-state index contributed by atoms with van der Waals surface area (Å²) in [6.07, 6.45) is 0. The molecule has 0 spiro atoms. The number of hydrogen-bond donors (Lipinski definition) is 0. The van der Waals surface area contributed by atoms with Crippen LogP contribution in [0.1, 0.15) is 19.4 Å². The minimum absolute atomic E-state index is 0.188. The van der Waals surface area contributed by atoms with Gasteiger partial charge < -0.3 is 4.74 Å². The minimum atomic E-state index is -1.72. The standard InChI is InChI=1S/C12H13ClO3/c1-3-16-11(15)12(13,9(2)14)10-7-5-4-6-8-10/h4-8H,3H2,1-2H3/t12-/m0/s1. The molecule has 3 nitrogen and oxygen atoms in total. The Labute approximate surface area is 99.4 Å². The number of halogens is 1. The summed E-state index contributed by atoms with van der Waals surface area (Å²) in [4.78, 5) is 21.6. The lowest BCUT2D eigenvalue weighted by Crippen LogP contribution is -2.38. The Hall–Kier alpha value is -1.35. The molecule has 1 atom stereocenters. The predicted octanol–water partition coefficient (Wildman–Crippen LogP) is 2.27. The average molecular weight is 241 g/mol. The maximum Gasteiger partial charge on any atom is 0.339 e. The van der Waals surface area contributed by atoms with Crippen LogP contribution < -0.4 is 0 Å². The molecule has 1 rings (SSSR count). The summed E-state index contributed by atoms with van der Waals surface area (Å²) in [6.45, 7) is 3.13. The van der Waals surface area contributed by atoms with Gasteiger partial charge in [-0.3, -0.25) is 4.79 Å². The normalized spacial score (nSPS) is 13.9. The second kappa shape index (κ2) is 5.12. The van der Waals surface area contributed by atoms with E-state index in [0.29, 0.717) is 5.56 Å². The predicted molar refractivity (Wildman–Crippen MR) is 61.3 cm³/mol. The van der Waals surface area contributed by atoms with Gasteiger partial charge in [0.1, 0.15) is 0 Å². The first-order chi connectivity index (χ1) is 7.53. The third-order valence-electron chi connectivity index (χ3n) is 2.21. The number of benzene rings is 1. The summed E-state index contributed by atoms with van der Waals surface area (Å²) in [7, 11) is 0. The van der Waals surface area contributed by atoms with Gasteiger partial charge in [-0.25, -0.2) is 4.79 Å². The highest BCUT2D eigenvalue weighted by atomic mass is 35.5. The molecule has 16 heavy (non-hydrogen) atoms. The lowest BCUT2D eigenvalue weighted by atomic mass is 9.94. The maximum absolute atomic E-state index is 11.7. The fraction of sp³-hybridized carbons (Fsp3) is 0.333. The topological polar surface area (TPSA) is 43.4 Å². The van der Waals surface area contributed by atoms with Crippen LogP contribution in [-0.2, 0) is 19.2 Å². The van der Waals surface area contributed by atoms with E-state index in [1.807, 2.05) is 0 Å². The summed E-state index contributed by atoms with van der Waals surface area (Å²) in [5.74, 6) is -1.17. The zero-order valence-electron chi connectivity index (χ0n) is 9.20. The molecule has 0 amide bonds. The molecule has 4 heteroatoms. The van der Waals surface area contributed by atoms with Gasteiger partial charge in [-0.15, -0.1) is 0 Å². The third kappa shape index (κ3) is 2.25. The van der Waals surface area contributed by atoms with Crippen LogP contribution in [-0.4, -0.2) is 18.4 Å². The summed E-state index contributed by atoms with van der Waals surface area (Å²) >= 11 is 6.10. The smallest absolute Gasteiger partial charge is 0.339 e. The number of carbonyl (C=O) groups excluding carboxylic acids is 2. The highest BCUT2D eigenvalue weighted by molar-refractivity contribution is 6.45. The van der Waals surface area contributed by atoms with Crippen molar-refractivity contribution in [3.05, 3.63) is 35.9 Å². The molecule has 0 aliphatic heterocycles. The number of ether oxygens (including phenoxy) is 1. The van der Waals surface area contributed by atoms with Crippen molar-refractivity contribution in [1.29, 1.82) is 0 Å². The molecule has 1 aromatic rings. The van der Waals surface area contributed by atoms with Gasteiger partial charge >= 0.3 is 5.97 Å². The van der Waals surface area contributed by atoms with E-state index in [9.17, 15) is 9.59 Å². The Bertz CT molecular complexity index is 389. The number of Topliss-reactive ketones (excluding diaryl/α,β-unsaturated/α-hetero) is 1. The summed E-state index contributed by atoms with van der Waals surface area (Å²) in [5.41, 5.74) is 0.433. The maximum atomic E-state index is 11.7. The van der Waals surface area contributed by atoms with Crippen molar-refractivity contribution in [2.75, 3.05) is 6.61 Å². The highest BCUT2D eigenvalue weighted by Crippen LogP contribution is 2.31. The van der Waals surface area contributed by atoms with Crippen LogP contribution in [0.15, 0.2) is 30.3 Å². The van der Waals surface area contributed by atoms with E-state index in [0.717, 1.165) is 0 Å². The first-order valence-corrected chi connectivity index (χ1v) is 5.34. The van der Waals surface area contributed by atoms with Crippen molar-refractivity contribution in [3.8, 4) is 0 Å². The second-order valence-corrected chi connectivity index (χ2v) is 3.87. The van der Waals surface area contributed by atoms with Gasteiger partial charge in [0.25, 0.3) is 0 Å². The van der Waals surface area contributed by atoms with Gasteiger partial charge in [0, 0.05) is 0 Å². The molecule has 0 N–H and O–H groups in total. The van der Waals surface area contributed by atoms with Crippen LogP contribution >= 0.6 is 11.6 Å². The van der Waals surface area contributed by atoms with E-state index in [2.05, 4.69) is 0 Å². The quantitative estimate of drug-likeness (QED) is 0.461. The SMILES string of the molecule is CCOC(=O)[C@](Cl)(C(C)=O)c1ccccc1. The van der Waals surface area contributed by atoms with Gasteiger partial charge in [0.05, 0.1) is 6.61 Å². The number of alkyl halides is 1. The van der Waals surface area contributed by atoms with Crippen LogP contribution in [0.2, 0.25) is 0 Å². The number of esters is 1. The monoisotopic (exact) mass is 240 g/mol. The van der Waals surface area contributed by atoms with Crippen molar-refractivity contribution >= 4 is 23.4 Å². The molecule has 86 valence electrons. The summed E-state index contributed by atoms with van der Waals surface area (Å²) < 4.78 is 4.83. The number of carbonyl (C=O) groups is 2. The van der Waals surface area contributed by atoms with Gasteiger partial charge in [-0.1, -0.05) is 41.9 Å².